The summed E-state index contributed by atoms with van der Waals surface area (Å²) in [6.07, 6.45) is 0. The van der Waals surface area contributed by atoms with Crippen LogP contribution in [0.1, 0.15) is 10.5 Å². The maximum Gasteiger partial charge on any atom is 0.357 e. The van der Waals surface area contributed by atoms with E-state index in [1.165, 1.54) is 4.68 Å². The molecule has 4 aromatic rings. The Balaban J connectivity index is 2.08. The molecular formula is C16H10N4O4. The van der Waals surface area contributed by atoms with Gasteiger partial charge in [-0.1, -0.05) is 18.2 Å². The van der Waals surface area contributed by atoms with Crippen molar-refractivity contribution in [3.8, 4) is 11.6 Å². The first-order valence-electron chi connectivity index (χ1n) is 6.99. The number of carboxylic acids is 1. The lowest BCUT2D eigenvalue weighted by Crippen LogP contribution is -2.07. The number of nitrogens with one attached hydrogen (secondary N) is 1. The minimum atomic E-state index is -1.32. The summed E-state index contributed by atoms with van der Waals surface area (Å²) < 4.78 is 1.20. The zero-order valence-electron chi connectivity index (χ0n) is 12.1. The molecule has 0 aliphatic carbocycles. The summed E-state index contributed by atoms with van der Waals surface area (Å²) in [5.41, 5.74) is -0.175. The molecule has 3 aromatic heterocycles. The van der Waals surface area contributed by atoms with Gasteiger partial charge in [0.25, 0.3) is 5.56 Å². The van der Waals surface area contributed by atoms with Crippen molar-refractivity contribution >= 4 is 27.9 Å². The molecule has 0 radical (unpaired) electrons. The second-order valence-corrected chi connectivity index (χ2v) is 5.17. The van der Waals surface area contributed by atoms with E-state index in [1.54, 1.807) is 6.07 Å². The predicted octanol–water partition coefficient (Wildman–Crippen LogP) is 1.67. The molecule has 24 heavy (non-hydrogen) atoms. The van der Waals surface area contributed by atoms with Crippen LogP contribution >= 0.6 is 0 Å². The summed E-state index contributed by atoms with van der Waals surface area (Å²) in [5.74, 6) is -1.44. The third kappa shape index (κ3) is 2.01. The van der Waals surface area contributed by atoms with Crippen LogP contribution in [0.25, 0.3) is 27.8 Å². The van der Waals surface area contributed by atoms with Crippen molar-refractivity contribution in [1.29, 1.82) is 0 Å². The molecule has 0 fully saturated rings. The molecule has 3 heterocycles. The summed E-state index contributed by atoms with van der Waals surface area (Å²) >= 11 is 0. The number of carbonyl (C=O) groups is 1. The van der Waals surface area contributed by atoms with E-state index < -0.39 is 17.3 Å². The van der Waals surface area contributed by atoms with Gasteiger partial charge in [-0.15, -0.1) is 0 Å². The Kier molecular flexibility index (Phi) is 2.86. The smallest absolute Gasteiger partial charge is 0.357 e. The normalized spacial score (nSPS) is 11.2. The highest BCUT2D eigenvalue weighted by Crippen LogP contribution is 2.27. The molecular weight excluding hydrogens is 312 g/mol. The Morgan fingerprint density at radius 3 is 2.75 bits per heavy atom. The summed E-state index contributed by atoms with van der Waals surface area (Å²) in [6, 6.07) is 11.8. The largest absolute Gasteiger partial charge is 0.507 e. The van der Waals surface area contributed by atoms with Crippen LogP contribution in [0.3, 0.4) is 0 Å². The fourth-order valence-electron chi connectivity index (χ4n) is 2.61. The van der Waals surface area contributed by atoms with Gasteiger partial charge in [-0.3, -0.25) is 4.79 Å². The van der Waals surface area contributed by atoms with Gasteiger partial charge in [0.05, 0.1) is 10.9 Å². The van der Waals surface area contributed by atoms with E-state index in [2.05, 4.69) is 15.1 Å². The number of carboxylic acid groups (broad SMARTS) is 1. The van der Waals surface area contributed by atoms with Gasteiger partial charge in [0.1, 0.15) is 11.4 Å². The number of aromatic hydroxyl groups is 1. The molecule has 8 heteroatoms. The number of benzene rings is 1. The molecule has 0 aliphatic heterocycles. The highest BCUT2D eigenvalue weighted by molar-refractivity contribution is 6.03. The third-order valence-corrected chi connectivity index (χ3v) is 3.65. The van der Waals surface area contributed by atoms with Gasteiger partial charge in [0.15, 0.2) is 11.5 Å². The fraction of sp³-hybridized carbons (Fsp3) is 0. The third-order valence-electron chi connectivity index (χ3n) is 3.65. The number of nitrogens with zero attached hydrogens (tertiary/aromatic N) is 3. The molecule has 3 N–H and O–H groups in total. The van der Waals surface area contributed by atoms with Gasteiger partial charge in [0.2, 0.25) is 0 Å². The number of rotatable bonds is 2. The Morgan fingerprint density at radius 1 is 1.17 bits per heavy atom. The number of hydrogen-bond donors (Lipinski definition) is 3. The lowest BCUT2D eigenvalue weighted by molar-refractivity contribution is 0.0691. The van der Waals surface area contributed by atoms with Gasteiger partial charge in [0, 0.05) is 11.5 Å². The molecule has 8 nitrogen and oxygen atoms in total. The maximum absolute atomic E-state index is 11.7. The molecule has 1 aromatic carbocycles. The number of aromatic carboxylic acids is 1. The number of aromatic nitrogens is 4. The Bertz CT molecular complexity index is 1180. The number of aromatic amines is 1. The first-order chi connectivity index (χ1) is 11.5. The van der Waals surface area contributed by atoms with Crippen LogP contribution in [0.5, 0.6) is 5.75 Å². The fourth-order valence-corrected chi connectivity index (χ4v) is 2.61. The average Bonchev–Trinajstić information content (AvgIpc) is 2.94. The molecule has 118 valence electrons. The van der Waals surface area contributed by atoms with E-state index in [-0.39, 0.29) is 16.7 Å². The van der Waals surface area contributed by atoms with Crippen molar-refractivity contribution in [2.45, 2.75) is 0 Å². The number of pyridine rings is 2. The summed E-state index contributed by atoms with van der Waals surface area (Å²) in [4.78, 5) is 30.0. The molecule has 0 spiro atoms. The van der Waals surface area contributed by atoms with Crippen molar-refractivity contribution in [3.63, 3.8) is 0 Å². The van der Waals surface area contributed by atoms with Crippen LogP contribution in [0.4, 0.5) is 0 Å². The first-order valence-corrected chi connectivity index (χ1v) is 6.99. The van der Waals surface area contributed by atoms with Gasteiger partial charge >= 0.3 is 5.97 Å². The zero-order chi connectivity index (χ0) is 16.8. The van der Waals surface area contributed by atoms with Gasteiger partial charge in [-0.2, -0.15) is 9.78 Å². The minimum absolute atomic E-state index is 0.0444. The number of para-hydroxylation sites is 1. The quantitative estimate of drug-likeness (QED) is 0.516. The van der Waals surface area contributed by atoms with Crippen molar-refractivity contribution in [3.05, 3.63) is 58.5 Å². The van der Waals surface area contributed by atoms with Crippen molar-refractivity contribution < 1.29 is 15.0 Å². The van der Waals surface area contributed by atoms with Crippen LogP contribution in [-0.2, 0) is 0 Å². The van der Waals surface area contributed by atoms with Crippen molar-refractivity contribution in [2.75, 3.05) is 0 Å². The number of fused-ring (bicyclic) bond motifs is 2. The van der Waals surface area contributed by atoms with E-state index in [9.17, 15) is 19.8 Å². The summed E-state index contributed by atoms with van der Waals surface area (Å²) in [7, 11) is 0. The molecule has 0 amide bonds. The molecule has 0 unspecified atom stereocenters. The topological polar surface area (TPSA) is 121 Å². The van der Waals surface area contributed by atoms with Crippen LogP contribution < -0.4 is 5.56 Å². The standard InChI is InChI=1S/C16H10N4O4/c21-10-7-12(22)18-15-13(10)14(16(23)24)19-20(15)11-6-5-8-3-1-2-4-9(8)17-11/h1-7H,(H,23,24)(H2,18,21,22). The second-order valence-electron chi connectivity index (χ2n) is 5.17. The zero-order valence-corrected chi connectivity index (χ0v) is 12.1. The molecule has 0 saturated heterocycles. The Labute approximate surface area is 133 Å². The van der Waals surface area contributed by atoms with E-state index in [0.717, 1.165) is 11.5 Å². The number of hydrogen-bond acceptors (Lipinski definition) is 5. The van der Waals surface area contributed by atoms with Crippen LogP contribution in [0.2, 0.25) is 0 Å². The van der Waals surface area contributed by atoms with Gasteiger partial charge in [-0.05, 0) is 18.2 Å². The Hall–Kier alpha value is -3.68. The average molecular weight is 322 g/mol. The Morgan fingerprint density at radius 2 is 1.96 bits per heavy atom. The van der Waals surface area contributed by atoms with Crippen molar-refractivity contribution in [2.24, 2.45) is 0 Å². The lowest BCUT2D eigenvalue weighted by atomic mass is 10.2. The highest BCUT2D eigenvalue weighted by Gasteiger charge is 2.22. The molecule has 0 saturated carbocycles. The minimum Gasteiger partial charge on any atom is -0.507 e. The highest BCUT2D eigenvalue weighted by atomic mass is 16.4. The maximum atomic E-state index is 11.7. The predicted molar refractivity (Wildman–Crippen MR) is 85.6 cm³/mol. The van der Waals surface area contributed by atoms with Gasteiger partial charge < -0.3 is 15.2 Å². The van der Waals surface area contributed by atoms with E-state index in [1.807, 2.05) is 30.3 Å². The SMILES string of the molecule is O=C(O)c1nn(-c2ccc3ccccc3n2)c2[nH]c(=O)cc(O)c12. The van der Waals surface area contributed by atoms with Gasteiger partial charge in [-0.25, -0.2) is 9.78 Å². The second kappa shape index (κ2) is 4.92. The van der Waals surface area contributed by atoms with E-state index >= 15 is 0 Å². The van der Waals surface area contributed by atoms with Crippen molar-refractivity contribution in [1.82, 2.24) is 19.7 Å². The number of H-pyrrole nitrogens is 1. The molecule has 0 bridgehead atoms. The summed E-state index contributed by atoms with van der Waals surface area (Å²) in [6.45, 7) is 0. The van der Waals surface area contributed by atoms with Crippen LogP contribution in [0, 0.1) is 0 Å². The summed E-state index contributed by atoms with van der Waals surface area (Å²) in [5, 5.41) is 24.1. The molecule has 4 rings (SSSR count). The molecule has 0 atom stereocenters. The van der Waals surface area contributed by atoms with E-state index in [4.69, 9.17) is 0 Å². The van der Waals surface area contributed by atoms with Crippen LogP contribution in [0.15, 0.2) is 47.3 Å². The van der Waals surface area contributed by atoms with E-state index in [0.29, 0.717) is 11.3 Å². The first kappa shape index (κ1) is 13.9. The van der Waals surface area contributed by atoms with Crippen LogP contribution in [-0.4, -0.2) is 35.9 Å². The lowest BCUT2D eigenvalue weighted by Gasteiger charge is -2.04. The molecule has 0 aliphatic rings. The monoisotopic (exact) mass is 322 g/mol.